The Morgan fingerprint density at radius 3 is 1.95 bits per heavy atom. The highest BCUT2D eigenvalue weighted by Gasteiger charge is 2.07. The zero-order valence-corrected chi connectivity index (χ0v) is 12.1. The van der Waals surface area contributed by atoms with Gasteiger partial charge in [0.15, 0.2) is 0 Å². The topological polar surface area (TPSA) is 58.2 Å². The number of rotatable bonds is 4. The minimum absolute atomic E-state index is 0.117. The third-order valence-electron chi connectivity index (χ3n) is 3.06. The van der Waals surface area contributed by atoms with Crippen LogP contribution in [0.25, 0.3) is 0 Å². The van der Waals surface area contributed by atoms with Crippen LogP contribution in [0.5, 0.6) is 0 Å². The van der Waals surface area contributed by atoms with E-state index in [1.54, 1.807) is 36.4 Å². The van der Waals surface area contributed by atoms with Crippen molar-refractivity contribution in [2.75, 3.05) is 11.9 Å². The van der Waals surface area contributed by atoms with Crippen LogP contribution in [0, 0.1) is 6.92 Å². The van der Waals surface area contributed by atoms with Crippen molar-refractivity contribution >= 4 is 17.5 Å². The minimum Gasteiger partial charge on any atom is -0.352 e. The van der Waals surface area contributed by atoms with Gasteiger partial charge in [-0.3, -0.25) is 9.59 Å². The van der Waals surface area contributed by atoms with Crippen molar-refractivity contribution in [3.05, 3.63) is 65.2 Å². The van der Waals surface area contributed by atoms with Crippen molar-refractivity contribution in [1.29, 1.82) is 0 Å². The van der Waals surface area contributed by atoms with Gasteiger partial charge >= 0.3 is 0 Å². The zero-order chi connectivity index (χ0) is 15.2. The molecule has 0 atom stereocenters. The second-order valence-corrected chi connectivity index (χ2v) is 4.76. The van der Waals surface area contributed by atoms with Crippen LogP contribution in [0.2, 0.25) is 0 Å². The summed E-state index contributed by atoms with van der Waals surface area (Å²) in [5.74, 6) is -0.283. The summed E-state index contributed by atoms with van der Waals surface area (Å²) in [4.78, 5) is 23.7. The molecule has 108 valence electrons. The second kappa shape index (κ2) is 6.70. The van der Waals surface area contributed by atoms with Gasteiger partial charge in [-0.15, -0.1) is 0 Å². The lowest BCUT2D eigenvalue weighted by Gasteiger charge is -2.07. The van der Waals surface area contributed by atoms with Crippen LogP contribution < -0.4 is 10.6 Å². The molecule has 4 heteroatoms. The number of amides is 2. The number of benzene rings is 2. The van der Waals surface area contributed by atoms with Gasteiger partial charge in [-0.25, -0.2) is 0 Å². The quantitative estimate of drug-likeness (QED) is 0.905. The van der Waals surface area contributed by atoms with E-state index in [4.69, 9.17) is 0 Å². The Hall–Kier alpha value is -2.62. The maximum absolute atomic E-state index is 12.1. The molecule has 0 saturated carbocycles. The fourth-order valence-corrected chi connectivity index (χ4v) is 1.88. The Bertz CT molecular complexity index is 631. The summed E-state index contributed by atoms with van der Waals surface area (Å²) < 4.78 is 0. The molecule has 2 aromatic rings. The van der Waals surface area contributed by atoms with E-state index in [1.807, 2.05) is 26.0 Å². The molecule has 0 radical (unpaired) electrons. The summed E-state index contributed by atoms with van der Waals surface area (Å²) in [6.07, 6.45) is 0. The summed E-state index contributed by atoms with van der Waals surface area (Å²) in [7, 11) is 0. The van der Waals surface area contributed by atoms with E-state index in [0.29, 0.717) is 23.4 Å². The first-order valence-corrected chi connectivity index (χ1v) is 6.86. The largest absolute Gasteiger partial charge is 0.352 e. The van der Waals surface area contributed by atoms with Crippen LogP contribution in [-0.2, 0) is 0 Å². The third kappa shape index (κ3) is 3.92. The molecule has 4 nitrogen and oxygen atoms in total. The van der Waals surface area contributed by atoms with Gasteiger partial charge in [-0.2, -0.15) is 0 Å². The lowest BCUT2D eigenvalue weighted by Crippen LogP contribution is -2.22. The fourth-order valence-electron chi connectivity index (χ4n) is 1.88. The molecular weight excluding hydrogens is 264 g/mol. The summed E-state index contributed by atoms with van der Waals surface area (Å²) in [6, 6.07) is 14.2. The lowest BCUT2D eigenvalue weighted by atomic mass is 10.1. The van der Waals surface area contributed by atoms with Gasteiger partial charge in [0.25, 0.3) is 11.8 Å². The van der Waals surface area contributed by atoms with E-state index in [-0.39, 0.29) is 11.8 Å². The van der Waals surface area contributed by atoms with Crippen LogP contribution in [0.15, 0.2) is 48.5 Å². The van der Waals surface area contributed by atoms with Gasteiger partial charge in [-0.05, 0) is 50.2 Å². The predicted octanol–water partition coefficient (Wildman–Crippen LogP) is 3.00. The van der Waals surface area contributed by atoms with Gasteiger partial charge in [0, 0.05) is 23.4 Å². The number of aryl methyl sites for hydroxylation is 1. The predicted molar refractivity (Wildman–Crippen MR) is 83.6 cm³/mol. The summed E-state index contributed by atoms with van der Waals surface area (Å²) in [5, 5.41) is 5.53. The monoisotopic (exact) mass is 282 g/mol. The van der Waals surface area contributed by atoms with Crippen molar-refractivity contribution in [1.82, 2.24) is 5.32 Å². The maximum atomic E-state index is 12.1. The summed E-state index contributed by atoms with van der Waals surface area (Å²) >= 11 is 0. The Morgan fingerprint density at radius 1 is 0.857 bits per heavy atom. The Kier molecular flexibility index (Phi) is 4.72. The van der Waals surface area contributed by atoms with Gasteiger partial charge in [-0.1, -0.05) is 17.7 Å². The van der Waals surface area contributed by atoms with Crippen molar-refractivity contribution in [2.24, 2.45) is 0 Å². The summed E-state index contributed by atoms with van der Waals surface area (Å²) in [6.45, 7) is 4.43. The van der Waals surface area contributed by atoms with Gasteiger partial charge in [0.1, 0.15) is 0 Å². The smallest absolute Gasteiger partial charge is 0.255 e. The van der Waals surface area contributed by atoms with Crippen LogP contribution in [-0.4, -0.2) is 18.4 Å². The molecule has 0 heterocycles. The number of nitrogens with one attached hydrogen (secondary N) is 2. The number of hydrogen-bond donors (Lipinski definition) is 2. The van der Waals surface area contributed by atoms with E-state index >= 15 is 0 Å². The normalized spacial score (nSPS) is 10.0. The average Bonchev–Trinajstić information content (AvgIpc) is 2.49. The molecule has 0 aliphatic rings. The first kappa shape index (κ1) is 14.8. The highest BCUT2D eigenvalue weighted by molar-refractivity contribution is 6.04. The lowest BCUT2D eigenvalue weighted by molar-refractivity contribution is 0.0955. The standard InChI is InChI=1S/C17H18N2O2/c1-3-18-16(20)13-8-10-15(11-9-13)19-17(21)14-6-4-12(2)5-7-14/h4-11H,3H2,1-2H3,(H,18,20)(H,19,21). The molecule has 0 saturated heterocycles. The second-order valence-electron chi connectivity index (χ2n) is 4.76. The molecule has 2 rings (SSSR count). The number of anilines is 1. The average molecular weight is 282 g/mol. The van der Waals surface area contributed by atoms with Gasteiger partial charge in [0.2, 0.25) is 0 Å². The highest BCUT2D eigenvalue weighted by atomic mass is 16.2. The van der Waals surface area contributed by atoms with E-state index in [2.05, 4.69) is 10.6 Å². The highest BCUT2D eigenvalue weighted by Crippen LogP contribution is 2.12. The molecule has 0 spiro atoms. The Balaban J connectivity index is 2.04. The zero-order valence-electron chi connectivity index (χ0n) is 12.1. The first-order chi connectivity index (χ1) is 10.1. The molecule has 0 aliphatic carbocycles. The number of hydrogen-bond acceptors (Lipinski definition) is 2. The Labute approximate surface area is 124 Å². The van der Waals surface area contributed by atoms with Gasteiger partial charge < -0.3 is 10.6 Å². The molecular formula is C17H18N2O2. The summed E-state index contributed by atoms with van der Waals surface area (Å²) in [5.41, 5.74) is 2.95. The number of carbonyl (C=O) groups excluding carboxylic acids is 2. The Morgan fingerprint density at radius 2 is 1.38 bits per heavy atom. The van der Waals surface area contributed by atoms with Crippen LogP contribution in [0.3, 0.4) is 0 Å². The molecule has 0 unspecified atom stereocenters. The number of carbonyl (C=O) groups is 2. The maximum Gasteiger partial charge on any atom is 0.255 e. The minimum atomic E-state index is -0.166. The first-order valence-electron chi connectivity index (χ1n) is 6.86. The van der Waals surface area contributed by atoms with Crippen molar-refractivity contribution in [3.63, 3.8) is 0 Å². The SMILES string of the molecule is CCNC(=O)c1ccc(NC(=O)c2ccc(C)cc2)cc1. The molecule has 0 aromatic heterocycles. The van der Waals surface area contributed by atoms with Gasteiger partial charge in [0.05, 0.1) is 0 Å². The molecule has 2 amide bonds. The molecule has 0 bridgehead atoms. The molecule has 0 aliphatic heterocycles. The molecule has 21 heavy (non-hydrogen) atoms. The molecule has 2 aromatic carbocycles. The van der Waals surface area contributed by atoms with Crippen LogP contribution >= 0.6 is 0 Å². The van der Waals surface area contributed by atoms with Crippen LogP contribution in [0.4, 0.5) is 5.69 Å². The van der Waals surface area contributed by atoms with Crippen molar-refractivity contribution in [2.45, 2.75) is 13.8 Å². The van der Waals surface area contributed by atoms with E-state index in [9.17, 15) is 9.59 Å². The van der Waals surface area contributed by atoms with Crippen LogP contribution in [0.1, 0.15) is 33.2 Å². The van der Waals surface area contributed by atoms with Crippen molar-refractivity contribution in [3.8, 4) is 0 Å². The van der Waals surface area contributed by atoms with E-state index in [1.165, 1.54) is 0 Å². The molecule has 2 N–H and O–H groups in total. The molecule has 0 fully saturated rings. The van der Waals surface area contributed by atoms with Crippen molar-refractivity contribution < 1.29 is 9.59 Å². The third-order valence-corrected chi connectivity index (χ3v) is 3.06. The fraction of sp³-hybridized carbons (Fsp3) is 0.176. The van der Waals surface area contributed by atoms with E-state index < -0.39 is 0 Å². The van der Waals surface area contributed by atoms with E-state index in [0.717, 1.165) is 5.56 Å².